The topological polar surface area (TPSA) is 87.5 Å². The Morgan fingerprint density at radius 3 is 2.93 bits per heavy atom. The Hall–Kier alpha value is -2.48. The zero-order valence-corrected chi connectivity index (χ0v) is 15.6. The first-order valence-electron chi connectivity index (χ1n) is 10.0. The molecule has 8 nitrogen and oxygen atoms in total. The number of hydrogen-bond acceptors (Lipinski definition) is 6. The summed E-state index contributed by atoms with van der Waals surface area (Å²) in [6.07, 6.45) is 11.3. The van der Waals surface area contributed by atoms with Gasteiger partial charge < -0.3 is 10.3 Å². The molecular formula is C19H26N8. The van der Waals surface area contributed by atoms with E-state index in [2.05, 4.69) is 40.9 Å². The van der Waals surface area contributed by atoms with Gasteiger partial charge in [-0.3, -0.25) is 9.58 Å². The molecule has 142 valence electrons. The van der Waals surface area contributed by atoms with Gasteiger partial charge in [-0.05, 0) is 25.3 Å². The Kier molecular flexibility index (Phi) is 4.49. The highest BCUT2D eigenvalue weighted by molar-refractivity contribution is 5.81. The summed E-state index contributed by atoms with van der Waals surface area (Å²) in [4.78, 5) is 18.4. The lowest BCUT2D eigenvalue weighted by molar-refractivity contribution is 0.150. The molecule has 5 rings (SSSR count). The van der Waals surface area contributed by atoms with Crippen molar-refractivity contribution in [3.63, 3.8) is 0 Å². The third kappa shape index (κ3) is 3.41. The van der Waals surface area contributed by atoms with Gasteiger partial charge in [-0.15, -0.1) is 0 Å². The number of rotatable bonds is 4. The molecule has 4 heterocycles. The molecule has 3 aromatic heterocycles. The average molecular weight is 366 g/mol. The van der Waals surface area contributed by atoms with Crippen LogP contribution in [0, 0.1) is 0 Å². The lowest BCUT2D eigenvalue weighted by atomic mass is 9.94. The van der Waals surface area contributed by atoms with Crippen LogP contribution in [-0.4, -0.2) is 47.2 Å². The predicted molar refractivity (Wildman–Crippen MR) is 103 cm³/mol. The molecule has 0 spiro atoms. The fraction of sp³-hybridized carbons (Fsp3) is 0.579. The van der Waals surface area contributed by atoms with Crippen LogP contribution in [0.2, 0.25) is 0 Å². The fourth-order valence-corrected chi connectivity index (χ4v) is 4.46. The molecule has 27 heavy (non-hydrogen) atoms. The quantitative estimate of drug-likeness (QED) is 0.738. The summed E-state index contributed by atoms with van der Waals surface area (Å²) in [5.41, 5.74) is 3.91. The van der Waals surface area contributed by atoms with E-state index in [1.165, 1.54) is 57.1 Å². The standard InChI is InChI=1S/C19H26N8/c1-2-5-15(6-3-1)26-7-4-8-27-16(11-26)9-14(25-27)10-20-18-17-19(22-12-21-17)24-13-23-18/h9,12-13,15H,1-8,10-11H2,(H2,20,21,22,23,24). The summed E-state index contributed by atoms with van der Waals surface area (Å²) < 4.78 is 2.20. The average Bonchev–Trinajstić information content (AvgIpc) is 3.29. The van der Waals surface area contributed by atoms with Gasteiger partial charge in [0.15, 0.2) is 11.5 Å². The Balaban J connectivity index is 1.29. The number of aryl methyl sites for hydroxylation is 1. The minimum absolute atomic E-state index is 0.647. The van der Waals surface area contributed by atoms with Gasteiger partial charge in [0.1, 0.15) is 11.8 Å². The van der Waals surface area contributed by atoms with Gasteiger partial charge in [0.2, 0.25) is 0 Å². The van der Waals surface area contributed by atoms with Gasteiger partial charge >= 0.3 is 0 Å². The zero-order chi connectivity index (χ0) is 18.1. The second kappa shape index (κ2) is 7.26. The van der Waals surface area contributed by atoms with E-state index in [9.17, 15) is 0 Å². The van der Waals surface area contributed by atoms with Crippen LogP contribution < -0.4 is 5.32 Å². The normalized spacial score (nSPS) is 19.1. The number of imidazole rings is 1. The molecule has 1 saturated carbocycles. The molecule has 0 radical (unpaired) electrons. The fourth-order valence-electron chi connectivity index (χ4n) is 4.46. The van der Waals surface area contributed by atoms with Gasteiger partial charge in [0, 0.05) is 25.7 Å². The van der Waals surface area contributed by atoms with Crippen molar-refractivity contribution in [1.29, 1.82) is 0 Å². The van der Waals surface area contributed by atoms with Crippen LogP contribution >= 0.6 is 0 Å². The number of fused-ring (bicyclic) bond motifs is 2. The monoisotopic (exact) mass is 366 g/mol. The Morgan fingerprint density at radius 1 is 1.07 bits per heavy atom. The minimum Gasteiger partial charge on any atom is -0.362 e. The molecule has 0 aromatic carbocycles. The van der Waals surface area contributed by atoms with Crippen LogP contribution in [0.4, 0.5) is 5.82 Å². The highest BCUT2D eigenvalue weighted by Crippen LogP contribution is 2.26. The summed E-state index contributed by atoms with van der Waals surface area (Å²) in [5, 5.41) is 8.21. The second-order valence-electron chi connectivity index (χ2n) is 7.64. The first-order chi connectivity index (χ1) is 13.4. The molecule has 8 heteroatoms. The van der Waals surface area contributed by atoms with E-state index in [1.807, 2.05) is 0 Å². The first kappa shape index (κ1) is 16.7. The smallest absolute Gasteiger partial charge is 0.182 e. The first-order valence-corrected chi connectivity index (χ1v) is 10.0. The van der Waals surface area contributed by atoms with Crippen molar-refractivity contribution >= 4 is 17.0 Å². The lowest BCUT2D eigenvalue weighted by Gasteiger charge is -2.33. The van der Waals surface area contributed by atoms with Gasteiger partial charge in [0.05, 0.1) is 24.3 Å². The van der Waals surface area contributed by atoms with E-state index in [0.717, 1.165) is 36.2 Å². The molecule has 0 amide bonds. The molecule has 2 aliphatic rings. The number of aromatic nitrogens is 6. The predicted octanol–water partition coefficient (Wildman–Crippen LogP) is 2.70. The number of hydrogen-bond donors (Lipinski definition) is 2. The van der Waals surface area contributed by atoms with E-state index < -0.39 is 0 Å². The van der Waals surface area contributed by atoms with E-state index >= 15 is 0 Å². The molecule has 3 aromatic rings. The van der Waals surface area contributed by atoms with Crippen molar-refractivity contribution in [1.82, 2.24) is 34.6 Å². The largest absolute Gasteiger partial charge is 0.362 e. The molecule has 2 N–H and O–H groups in total. The van der Waals surface area contributed by atoms with E-state index in [0.29, 0.717) is 12.2 Å². The maximum atomic E-state index is 4.83. The highest BCUT2D eigenvalue weighted by atomic mass is 15.3. The molecule has 0 saturated heterocycles. The third-order valence-electron chi connectivity index (χ3n) is 5.85. The van der Waals surface area contributed by atoms with Crippen molar-refractivity contribution in [2.45, 2.75) is 64.2 Å². The summed E-state index contributed by atoms with van der Waals surface area (Å²) in [7, 11) is 0. The van der Waals surface area contributed by atoms with Crippen LogP contribution in [0.25, 0.3) is 11.2 Å². The van der Waals surface area contributed by atoms with Crippen LogP contribution in [0.15, 0.2) is 18.7 Å². The van der Waals surface area contributed by atoms with Crippen molar-refractivity contribution in [2.24, 2.45) is 0 Å². The minimum atomic E-state index is 0.647. The number of aromatic amines is 1. The van der Waals surface area contributed by atoms with Gasteiger partial charge in [-0.1, -0.05) is 19.3 Å². The molecule has 0 bridgehead atoms. The number of H-pyrrole nitrogens is 1. The SMILES string of the molecule is c1nc(NCc2cc3n(n2)CCCN(C2CCCCC2)C3)c2[nH]cnc2n1. The van der Waals surface area contributed by atoms with Crippen molar-refractivity contribution in [3.05, 3.63) is 30.1 Å². The summed E-state index contributed by atoms with van der Waals surface area (Å²) in [6.45, 7) is 3.88. The van der Waals surface area contributed by atoms with E-state index in [1.54, 1.807) is 6.33 Å². The summed E-state index contributed by atoms with van der Waals surface area (Å²) >= 11 is 0. The molecule has 0 unspecified atom stereocenters. The Morgan fingerprint density at radius 2 is 2.00 bits per heavy atom. The summed E-state index contributed by atoms with van der Waals surface area (Å²) in [6, 6.07) is 3.01. The van der Waals surface area contributed by atoms with Crippen molar-refractivity contribution in [2.75, 3.05) is 11.9 Å². The molecule has 1 aliphatic carbocycles. The molecule has 1 fully saturated rings. The third-order valence-corrected chi connectivity index (χ3v) is 5.85. The zero-order valence-electron chi connectivity index (χ0n) is 15.6. The van der Waals surface area contributed by atoms with Crippen molar-refractivity contribution in [3.8, 4) is 0 Å². The number of anilines is 1. The van der Waals surface area contributed by atoms with E-state index in [-0.39, 0.29) is 0 Å². The van der Waals surface area contributed by atoms with Crippen molar-refractivity contribution < 1.29 is 0 Å². The van der Waals surface area contributed by atoms with Gasteiger partial charge in [-0.2, -0.15) is 5.10 Å². The Bertz CT molecular complexity index is 907. The van der Waals surface area contributed by atoms with E-state index in [4.69, 9.17) is 5.10 Å². The lowest BCUT2D eigenvalue weighted by Crippen LogP contribution is -2.36. The maximum absolute atomic E-state index is 4.83. The number of nitrogens with one attached hydrogen (secondary N) is 2. The second-order valence-corrected chi connectivity index (χ2v) is 7.64. The van der Waals surface area contributed by atoms with Crippen LogP contribution in [0.1, 0.15) is 49.9 Å². The van der Waals surface area contributed by atoms with Gasteiger partial charge in [0.25, 0.3) is 0 Å². The maximum Gasteiger partial charge on any atom is 0.182 e. The van der Waals surface area contributed by atoms with Crippen LogP contribution in [-0.2, 0) is 19.6 Å². The highest BCUT2D eigenvalue weighted by Gasteiger charge is 2.24. The number of nitrogens with zero attached hydrogens (tertiary/aromatic N) is 6. The van der Waals surface area contributed by atoms with Crippen LogP contribution in [0.3, 0.4) is 0 Å². The van der Waals surface area contributed by atoms with Crippen LogP contribution in [0.5, 0.6) is 0 Å². The van der Waals surface area contributed by atoms with Gasteiger partial charge in [-0.25, -0.2) is 15.0 Å². The molecule has 0 atom stereocenters. The Labute approximate surface area is 158 Å². The molecular weight excluding hydrogens is 340 g/mol. The summed E-state index contributed by atoms with van der Waals surface area (Å²) in [5.74, 6) is 0.768. The molecule has 1 aliphatic heterocycles.